The van der Waals surface area contributed by atoms with Gasteiger partial charge in [0.15, 0.2) is 0 Å². The second-order valence-electron chi connectivity index (χ2n) is 6.67. The SMILES string of the molecule is C.COc1ccc(C=O)cc1.[C-]#[N+]/C(=C\c1ccc(OC)cc1)C(=O)NCCO.[C-]#[N+]CC(=O)NCCO. The number of aliphatic hydroxyl groups excluding tert-OH is 2. The van der Waals surface area contributed by atoms with Gasteiger partial charge in [0.1, 0.15) is 17.8 Å². The van der Waals surface area contributed by atoms with Crippen molar-refractivity contribution in [3.8, 4) is 11.5 Å². The fourth-order valence-electron chi connectivity index (χ4n) is 2.27. The van der Waals surface area contributed by atoms with E-state index in [0.717, 1.165) is 17.6 Å². The molecule has 0 saturated carbocycles. The summed E-state index contributed by atoms with van der Waals surface area (Å²) in [6.45, 7) is 13.2. The summed E-state index contributed by atoms with van der Waals surface area (Å²) in [5.74, 6) is 0.653. The number of ether oxygens (including phenoxy) is 2. The first-order valence-electron chi connectivity index (χ1n) is 10.8. The van der Waals surface area contributed by atoms with E-state index in [0.29, 0.717) is 11.3 Å². The van der Waals surface area contributed by atoms with E-state index in [2.05, 4.69) is 20.3 Å². The molecular weight excluding hydrogens is 492 g/mol. The van der Waals surface area contributed by atoms with Gasteiger partial charge in [0, 0.05) is 18.7 Å². The monoisotopic (exact) mass is 526 g/mol. The van der Waals surface area contributed by atoms with Gasteiger partial charge in [-0.25, -0.2) is 11.4 Å². The molecule has 11 nitrogen and oxygen atoms in total. The van der Waals surface area contributed by atoms with Gasteiger partial charge in [0.2, 0.25) is 5.91 Å². The van der Waals surface area contributed by atoms with Gasteiger partial charge in [-0.1, -0.05) is 19.6 Å². The topological polar surface area (TPSA) is 143 Å². The molecule has 204 valence electrons. The summed E-state index contributed by atoms with van der Waals surface area (Å²) in [5, 5.41) is 21.5. The number of methoxy groups -OCH3 is 2. The number of hydrogen-bond donors (Lipinski definition) is 4. The Hall–Kier alpha value is -4.71. The van der Waals surface area contributed by atoms with Crippen LogP contribution in [0.3, 0.4) is 0 Å². The molecule has 0 heterocycles. The summed E-state index contributed by atoms with van der Waals surface area (Å²) < 4.78 is 9.91. The van der Waals surface area contributed by atoms with Gasteiger partial charge in [0.05, 0.1) is 34.0 Å². The Morgan fingerprint density at radius 2 is 1.34 bits per heavy atom. The normalized spacial score (nSPS) is 9.26. The summed E-state index contributed by atoms with van der Waals surface area (Å²) in [5.41, 5.74) is 1.38. The average molecular weight is 527 g/mol. The fourth-order valence-corrected chi connectivity index (χ4v) is 2.27. The first-order valence-corrected chi connectivity index (χ1v) is 10.8. The molecule has 0 aliphatic heterocycles. The standard InChI is InChI=1S/C13H14N2O3.C8H8O2.C5H8N2O2.CH4/c1-14-12(13(17)15-7-8-16)9-10-3-5-11(18-2)6-4-10;1-10-8-4-2-7(6-9)3-5-8;1-6-4-5(9)7-2-3-8;/h3-6,9,16H,7-8H2,2H3,(H,15,17);2-6H,1H3;8H,2-4H2,(H,7,9);1H4/b12-9-;;;. The highest BCUT2D eigenvalue weighted by molar-refractivity contribution is 5.99. The molecule has 11 heteroatoms. The summed E-state index contributed by atoms with van der Waals surface area (Å²) in [4.78, 5) is 38.1. The quantitative estimate of drug-likeness (QED) is 0.211. The molecule has 0 atom stereocenters. The number of nitrogens with zero attached hydrogens (tertiary/aromatic N) is 2. The molecule has 2 aromatic rings. The van der Waals surface area contributed by atoms with E-state index in [9.17, 15) is 14.4 Å². The molecule has 0 aliphatic rings. The van der Waals surface area contributed by atoms with E-state index in [1.807, 2.05) is 0 Å². The van der Waals surface area contributed by atoms with Gasteiger partial charge >= 0.3 is 0 Å². The maximum absolute atomic E-state index is 11.5. The van der Waals surface area contributed by atoms with Crippen LogP contribution in [0.15, 0.2) is 54.2 Å². The van der Waals surface area contributed by atoms with Crippen LogP contribution in [0.5, 0.6) is 11.5 Å². The molecule has 38 heavy (non-hydrogen) atoms. The number of aldehydes is 1. The lowest BCUT2D eigenvalue weighted by molar-refractivity contribution is -0.119. The molecule has 0 saturated heterocycles. The number of aliphatic hydroxyl groups is 2. The third-order valence-corrected chi connectivity index (χ3v) is 4.08. The largest absolute Gasteiger partial charge is 0.497 e. The van der Waals surface area contributed by atoms with E-state index in [-0.39, 0.29) is 51.9 Å². The smallest absolute Gasteiger partial charge is 0.300 e. The van der Waals surface area contributed by atoms with Crippen LogP contribution in [0.25, 0.3) is 15.8 Å². The minimum Gasteiger partial charge on any atom is -0.497 e. The summed E-state index contributed by atoms with van der Waals surface area (Å²) in [6.07, 6.45) is 2.29. The van der Waals surface area contributed by atoms with E-state index >= 15 is 0 Å². The van der Waals surface area contributed by atoms with E-state index in [4.69, 9.17) is 32.8 Å². The Morgan fingerprint density at radius 3 is 1.74 bits per heavy atom. The van der Waals surface area contributed by atoms with E-state index in [1.165, 1.54) is 6.08 Å². The van der Waals surface area contributed by atoms with Gasteiger partial charge in [0.25, 0.3) is 18.1 Å². The van der Waals surface area contributed by atoms with Crippen molar-refractivity contribution in [2.75, 3.05) is 47.1 Å². The van der Waals surface area contributed by atoms with Crippen LogP contribution in [-0.4, -0.2) is 75.4 Å². The predicted octanol–water partition coefficient (Wildman–Crippen LogP) is 2.22. The molecule has 2 amide bonds. The Bertz CT molecular complexity index is 1070. The van der Waals surface area contributed by atoms with Crippen LogP contribution in [0, 0.1) is 13.1 Å². The minimum absolute atomic E-state index is 0. The Labute approximate surface area is 223 Å². The highest BCUT2D eigenvalue weighted by Gasteiger charge is 2.08. The zero-order chi connectivity index (χ0) is 27.9. The molecule has 4 N–H and O–H groups in total. The van der Waals surface area contributed by atoms with Crippen LogP contribution < -0.4 is 20.1 Å². The lowest BCUT2D eigenvalue weighted by atomic mass is 10.2. The van der Waals surface area contributed by atoms with Crippen molar-refractivity contribution in [2.45, 2.75) is 7.43 Å². The van der Waals surface area contributed by atoms with Gasteiger partial charge in [-0.15, -0.1) is 0 Å². The zero-order valence-corrected chi connectivity index (χ0v) is 20.6. The van der Waals surface area contributed by atoms with Crippen molar-refractivity contribution in [2.24, 2.45) is 0 Å². The number of carbonyl (C=O) groups excluding carboxylic acids is 3. The van der Waals surface area contributed by atoms with Crippen LogP contribution in [-0.2, 0) is 9.59 Å². The molecule has 0 fully saturated rings. The number of carbonyl (C=O) groups is 3. The molecule has 0 spiro atoms. The van der Waals surface area contributed by atoms with Gasteiger partial charge in [-0.3, -0.25) is 14.4 Å². The third kappa shape index (κ3) is 16.1. The number of nitrogens with one attached hydrogen (secondary N) is 2. The summed E-state index contributed by atoms with van der Waals surface area (Å²) in [6, 6.07) is 13.9. The number of hydrogen-bond acceptors (Lipinski definition) is 7. The van der Waals surface area contributed by atoms with Gasteiger partial charge in [-0.05, 0) is 48.0 Å². The maximum Gasteiger partial charge on any atom is 0.300 e. The van der Waals surface area contributed by atoms with Crippen LogP contribution in [0.1, 0.15) is 23.3 Å². The molecule has 2 rings (SSSR count). The second kappa shape index (κ2) is 22.7. The van der Waals surface area contributed by atoms with Gasteiger partial charge < -0.3 is 35.2 Å². The Balaban J connectivity index is 0. The van der Waals surface area contributed by atoms with Crippen LogP contribution >= 0.6 is 0 Å². The second-order valence-corrected chi connectivity index (χ2v) is 6.67. The van der Waals surface area contributed by atoms with Crippen LogP contribution in [0.4, 0.5) is 0 Å². The molecule has 2 aromatic carbocycles. The highest BCUT2D eigenvalue weighted by atomic mass is 16.5. The lowest BCUT2D eigenvalue weighted by Crippen LogP contribution is -2.27. The number of amides is 2. The Morgan fingerprint density at radius 1 is 0.868 bits per heavy atom. The number of benzene rings is 2. The van der Waals surface area contributed by atoms with E-state index < -0.39 is 5.91 Å². The molecule has 0 radical (unpaired) electrons. The van der Waals surface area contributed by atoms with Crippen molar-refractivity contribution in [3.63, 3.8) is 0 Å². The fraction of sp³-hybridized carbons (Fsp3) is 0.296. The maximum atomic E-state index is 11.5. The predicted molar refractivity (Wildman–Crippen MR) is 144 cm³/mol. The first-order chi connectivity index (χ1) is 17.9. The molecule has 0 aliphatic carbocycles. The zero-order valence-electron chi connectivity index (χ0n) is 20.6. The summed E-state index contributed by atoms with van der Waals surface area (Å²) in [7, 11) is 3.16. The summed E-state index contributed by atoms with van der Waals surface area (Å²) >= 11 is 0. The van der Waals surface area contributed by atoms with Crippen molar-refractivity contribution in [1.29, 1.82) is 0 Å². The number of rotatable bonds is 10. The first kappa shape index (κ1) is 35.5. The molecule has 0 bridgehead atoms. The highest BCUT2D eigenvalue weighted by Crippen LogP contribution is 2.14. The molecule has 0 unspecified atom stereocenters. The van der Waals surface area contributed by atoms with E-state index in [1.54, 1.807) is 62.8 Å². The third-order valence-electron chi connectivity index (χ3n) is 4.08. The van der Waals surface area contributed by atoms with Crippen LogP contribution in [0.2, 0.25) is 0 Å². The molecular formula is C27H34N4O7. The van der Waals surface area contributed by atoms with Crippen molar-refractivity contribution in [1.82, 2.24) is 10.6 Å². The average Bonchev–Trinajstić information content (AvgIpc) is 2.94. The van der Waals surface area contributed by atoms with Crippen molar-refractivity contribution < 1.29 is 34.1 Å². The molecule has 0 aromatic heterocycles. The van der Waals surface area contributed by atoms with Gasteiger partial charge in [-0.2, -0.15) is 0 Å². The Kier molecular flexibility index (Phi) is 21.2. The lowest BCUT2D eigenvalue weighted by Gasteiger charge is -2.02. The van der Waals surface area contributed by atoms with Crippen molar-refractivity contribution in [3.05, 3.63) is 88.2 Å². The van der Waals surface area contributed by atoms with Crippen molar-refractivity contribution >= 4 is 24.2 Å². The minimum atomic E-state index is -0.491.